The Hall–Kier alpha value is -4.46. The number of carbonyl (C=O) groups excluding carboxylic acids is 1. The van der Waals surface area contributed by atoms with Crippen molar-refractivity contribution in [3.8, 4) is 5.95 Å². The van der Waals surface area contributed by atoms with E-state index >= 15 is 0 Å². The number of H-pyrrole nitrogens is 1. The zero-order valence-corrected chi connectivity index (χ0v) is 20.5. The van der Waals surface area contributed by atoms with Crippen LogP contribution in [0.25, 0.3) is 16.2 Å². The Kier molecular flexibility index (Phi) is 5.92. The van der Waals surface area contributed by atoms with Crippen molar-refractivity contribution in [3.63, 3.8) is 0 Å². The lowest BCUT2D eigenvalue weighted by atomic mass is 9.96. The number of anilines is 4. The summed E-state index contributed by atoms with van der Waals surface area (Å²) >= 11 is 1.56. The normalized spacial score (nSPS) is 14.3. The van der Waals surface area contributed by atoms with Crippen LogP contribution in [0.5, 0.6) is 0 Å². The molecular formula is C23H22FN11OS. The average molecular weight is 520 g/mol. The number of amides is 1. The number of nitrogens with one attached hydrogen (secondary N) is 3. The van der Waals surface area contributed by atoms with Crippen molar-refractivity contribution in [1.29, 1.82) is 0 Å². The summed E-state index contributed by atoms with van der Waals surface area (Å²) in [5.41, 5.74) is 1.43. The summed E-state index contributed by atoms with van der Waals surface area (Å²) in [6.45, 7) is 3.24. The van der Waals surface area contributed by atoms with Crippen molar-refractivity contribution < 1.29 is 9.18 Å². The van der Waals surface area contributed by atoms with Crippen molar-refractivity contribution in [2.75, 3.05) is 28.6 Å². The summed E-state index contributed by atoms with van der Waals surface area (Å²) in [5.74, 6) is 1.51. The van der Waals surface area contributed by atoms with Crippen LogP contribution in [0.1, 0.15) is 18.5 Å². The van der Waals surface area contributed by atoms with Crippen molar-refractivity contribution in [2.45, 2.75) is 19.8 Å². The molecule has 0 saturated carbocycles. The molecule has 14 heteroatoms. The minimum Gasteiger partial charge on any atom is -0.341 e. The first-order chi connectivity index (χ1) is 18.0. The van der Waals surface area contributed by atoms with E-state index in [0.29, 0.717) is 49.2 Å². The van der Waals surface area contributed by atoms with Gasteiger partial charge in [-0.25, -0.2) is 24.0 Å². The van der Waals surface area contributed by atoms with Gasteiger partial charge in [0.2, 0.25) is 11.9 Å². The molecule has 1 amide bonds. The van der Waals surface area contributed by atoms with Gasteiger partial charge >= 0.3 is 0 Å². The number of carbonyl (C=O) groups is 1. The van der Waals surface area contributed by atoms with E-state index in [9.17, 15) is 9.18 Å². The van der Waals surface area contributed by atoms with Gasteiger partial charge in [-0.05, 0) is 31.2 Å². The molecule has 0 radical (unpaired) electrons. The molecule has 1 aliphatic heterocycles. The molecule has 0 aromatic carbocycles. The summed E-state index contributed by atoms with van der Waals surface area (Å²) < 4.78 is 14.4. The Bertz CT molecular complexity index is 1550. The van der Waals surface area contributed by atoms with Gasteiger partial charge in [0.15, 0.2) is 11.6 Å². The molecule has 12 nitrogen and oxygen atoms in total. The number of aromatic amines is 1. The maximum atomic E-state index is 13.2. The highest BCUT2D eigenvalue weighted by Crippen LogP contribution is 2.31. The molecule has 1 aliphatic rings. The van der Waals surface area contributed by atoms with Crippen LogP contribution in [-0.4, -0.2) is 58.9 Å². The number of hydrogen-bond donors (Lipinski definition) is 3. The topological polar surface area (TPSA) is 142 Å². The fourth-order valence-electron chi connectivity index (χ4n) is 4.18. The van der Waals surface area contributed by atoms with Gasteiger partial charge in [-0.2, -0.15) is 15.2 Å². The SMILES string of the molecule is Cc1cc(Nc2nc(N3CCC(C(=O)Nc4cnc(-n5cc(F)cn5)nc4)CC3)nc3sccc23)n[nH]1. The third-order valence-corrected chi connectivity index (χ3v) is 6.88. The lowest BCUT2D eigenvalue weighted by molar-refractivity contribution is -0.120. The molecule has 5 aromatic rings. The monoisotopic (exact) mass is 519 g/mol. The van der Waals surface area contributed by atoms with E-state index in [0.717, 1.165) is 22.1 Å². The Morgan fingerprint density at radius 2 is 1.97 bits per heavy atom. The zero-order chi connectivity index (χ0) is 25.4. The van der Waals surface area contributed by atoms with Gasteiger partial charge < -0.3 is 15.5 Å². The maximum absolute atomic E-state index is 13.2. The number of fused-ring (bicyclic) bond motifs is 1. The van der Waals surface area contributed by atoms with Gasteiger partial charge in [-0.1, -0.05) is 0 Å². The Labute approximate surface area is 214 Å². The lowest BCUT2D eigenvalue weighted by Gasteiger charge is -2.31. The second-order valence-corrected chi connectivity index (χ2v) is 9.59. The third-order valence-electron chi connectivity index (χ3n) is 6.08. The minimum absolute atomic E-state index is 0.0907. The number of aryl methyl sites for hydroxylation is 1. The van der Waals surface area contributed by atoms with E-state index in [4.69, 9.17) is 9.97 Å². The first-order valence-electron chi connectivity index (χ1n) is 11.6. The van der Waals surface area contributed by atoms with Gasteiger partial charge in [0.1, 0.15) is 10.6 Å². The van der Waals surface area contributed by atoms with Gasteiger partial charge in [-0.15, -0.1) is 11.3 Å². The number of hydrogen-bond acceptors (Lipinski definition) is 10. The summed E-state index contributed by atoms with van der Waals surface area (Å²) in [4.78, 5) is 33.7. The molecule has 1 saturated heterocycles. The predicted molar refractivity (Wildman–Crippen MR) is 137 cm³/mol. The summed E-state index contributed by atoms with van der Waals surface area (Å²) in [6, 6.07) is 3.91. The highest BCUT2D eigenvalue weighted by atomic mass is 32.1. The van der Waals surface area contributed by atoms with E-state index in [1.807, 2.05) is 24.4 Å². The first kappa shape index (κ1) is 23.0. The number of aromatic nitrogens is 8. The van der Waals surface area contributed by atoms with Crippen LogP contribution in [0, 0.1) is 18.7 Å². The number of nitrogens with zero attached hydrogens (tertiary/aromatic N) is 8. The van der Waals surface area contributed by atoms with Crippen molar-refractivity contribution in [3.05, 3.63) is 53.8 Å². The van der Waals surface area contributed by atoms with Gasteiger partial charge in [0, 0.05) is 30.8 Å². The Morgan fingerprint density at radius 3 is 2.68 bits per heavy atom. The molecule has 5 aromatic heterocycles. The Morgan fingerprint density at radius 1 is 1.16 bits per heavy atom. The van der Waals surface area contributed by atoms with E-state index in [2.05, 4.69) is 40.8 Å². The predicted octanol–water partition coefficient (Wildman–Crippen LogP) is 3.44. The molecule has 0 bridgehead atoms. The summed E-state index contributed by atoms with van der Waals surface area (Å²) in [7, 11) is 0. The van der Waals surface area contributed by atoms with Crippen LogP contribution in [0.4, 0.5) is 27.7 Å². The highest BCUT2D eigenvalue weighted by Gasteiger charge is 2.27. The second kappa shape index (κ2) is 9.54. The zero-order valence-electron chi connectivity index (χ0n) is 19.7. The van der Waals surface area contributed by atoms with Crippen molar-refractivity contribution >= 4 is 50.7 Å². The van der Waals surface area contributed by atoms with E-state index < -0.39 is 5.82 Å². The average Bonchev–Trinajstić information content (AvgIpc) is 3.66. The molecule has 188 valence electrons. The van der Waals surface area contributed by atoms with Crippen molar-refractivity contribution in [1.82, 2.24) is 39.9 Å². The number of halogens is 1. The second-order valence-electron chi connectivity index (χ2n) is 8.70. The van der Waals surface area contributed by atoms with E-state index in [1.165, 1.54) is 23.3 Å². The smallest absolute Gasteiger partial charge is 0.250 e. The molecule has 3 N–H and O–H groups in total. The molecule has 6 heterocycles. The lowest BCUT2D eigenvalue weighted by Crippen LogP contribution is -2.39. The fraction of sp³-hybridized carbons (Fsp3) is 0.261. The Balaban J connectivity index is 1.10. The van der Waals surface area contributed by atoms with Crippen LogP contribution in [0.3, 0.4) is 0 Å². The van der Waals surface area contributed by atoms with Gasteiger partial charge in [0.25, 0.3) is 5.95 Å². The molecule has 6 rings (SSSR count). The molecular weight excluding hydrogens is 497 g/mol. The third kappa shape index (κ3) is 4.82. The van der Waals surface area contributed by atoms with Crippen LogP contribution >= 0.6 is 11.3 Å². The van der Waals surface area contributed by atoms with Crippen LogP contribution < -0.4 is 15.5 Å². The highest BCUT2D eigenvalue weighted by molar-refractivity contribution is 7.16. The van der Waals surface area contributed by atoms with Gasteiger partial charge in [-0.3, -0.25) is 9.89 Å². The number of piperidine rings is 1. The van der Waals surface area contributed by atoms with Crippen LogP contribution in [0.2, 0.25) is 0 Å². The van der Waals surface area contributed by atoms with E-state index in [1.54, 1.807) is 11.3 Å². The van der Waals surface area contributed by atoms with Gasteiger partial charge in [0.05, 0.1) is 35.9 Å². The van der Waals surface area contributed by atoms with E-state index in [-0.39, 0.29) is 17.8 Å². The molecule has 0 atom stereocenters. The molecule has 0 spiro atoms. The van der Waals surface area contributed by atoms with Crippen molar-refractivity contribution in [2.24, 2.45) is 5.92 Å². The largest absolute Gasteiger partial charge is 0.341 e. The summed E-state index contributed by atoms with van der Waals surface area (Å²) in [5, 5.41) is 20.1. The number of rotatable bonds is 6. The molecule has 1 fully saturated rings. The van der Waals surface area contributed by atoms with Crippen LogP contribution in [0.15, 0.2) is 42.3 Å². The summed E-state index contributed by atoms with van der Waals surface area (Å²) in [6.07, 6.45) is 6.53. The van der Waals surface area contributed by atoms with Crippen LogP contribution in [-0.2, 0) is 4.79 Å². The number of thiophene rings is 1. The molecule has 0 unspecified atom stereocenters. The maximum Gasteiger partial charge on any atom is 0.250 e. The first-order valence-corrected chi connectivity index (χ1v) is 12.5. The standard InChI is InChI=1S/C23H22FN11OS/c1-13-8-18(33-32-13)29-19-17-4-7-37-21(17)31-23(30-19)34-5-2-14(3-6-34)20(36)28-16-10-25-22(26-11-16)35-12-15(24)9-27-35/h4,7-12,14H,2-3,5-6H2,1H3,(H,28,36)(H2,29,30,31,32,33). The minimum atomic E-state index is -0.478. The molecule has 0 aliphatic carbocycles. The molecule has 37 heavy (non-hydrogen) atoms. The quantitative estimate of drug-likeness (QED) is 0.307. The fourth-order valence-corrected chi connectivity index (χ4v) is 4.94.